The van der Waals surface area contributed by atoms with Crippen LogP contribution in [0.5, 0.6) is 0 Å². The van der Waals surface area contributed by atoms with Crippen molar-refractivity contribution in [3.8, 4) is 0 Å². The lowest BCUT2D eigenvalue weighted by molar-refractivity contribution is -0.168. The molecule has 1 heterocycles. The first-order valence-electron chi connectivity index (χ1n) is 6.72. The van der Waals surface area contributed by atoms with Gasteiger partial charge in [0.15, 0.2) is 0 Å². The van der Waals surface area contributed by atoms with Gasteiger partial charge in [0.05, 0.1) is 18.4 Å². The third-order valence-corrected chi connectivity index (χ3v) is 3.64. The highest BCUT2D eigenvalue weighted by molar-refractivity contribution is 5.90. The van der Waals surface area contributed by atoms with Gasteiger partial charge in [-0.2, -0.15) is 0 Å². The highest BCUT2D eigenvalue weighted by Crippen LogP contribution is 2.33. The normalized spacial score (nSPS) is 26.1. The molecule has 1 aliphatic heterocycles. The van der Waals surface area contributed by atoms with Crippen molar-refractivity contribution < 1.29 is 9.84 Å². The minimum Gasteiger partial charge on any atom is -0.357 e. The first-order chi connectivity index (χ1) is 9.70. The van der Waals surface area contributed by atoms with Crippen LogP contribution in [0.25, 0.3) is 0 Å². The summed E-state index contributed by atoms with van der Waals surface area (Å²) < 4.78 is 5.76. The third-order valence-electron chi connectivity index (χ3n) is 3.64. The van der Waals surface area contributed by atoms with Crippen LogP contribution in [0, 0.1) is 0 Å². The summed E-state index contributed by atoms with van der Waals surface area (Å²) in [5.74, 6) is -1.41. The summed E-state index contributed by atoms with van der Waals surface area (Å²) in [6.45, 7) is 2.18. The average molecular weight is 267 g/mol. The van der Waals surface area contributed by atoms with Crippen molar-refractivity contribution in [2.75, 3.05) is 6.61 Å². The lowest BCUT2D eigenvalue weighted by atomic mass is 9.98. The van der Waals surface area contributed by atoms with Gasteiger partial charge in [-0.1, -0.05) is 60.7 Å². The summed E-state index contributed by atoms with van der Waals surface area (Å²) in [6, 6.07) is 19.3. The van der Waals surface area contributed by atoms with Crippen molar-refractivity contribution in [1.82, 2.24) is 0 Å². The monoisotopic (exact) mass is 267 g/mol. The summed E-state index contributed by atoms with van der Waals surface area (Å²) >= 11 is 0. The van der Waals surface area contributed by atoms with E-state index in [1.165, 1.54) is 0 Å². The Kier molecular flexibility index (Phi) is 3.38. The molecule has 0 amide bonds. The van der Waals surface area contributed by atoms with Gasteiger partial charge in [-0.15, -0.1) is 0 Å². The van der Waals surface area contributed by atoms with Crippen LogP contribution in [0.4, 0.5) is 0 Å². The number of rotatable bonds is 2. The second-order valence-electron chi connectivity index (χ2n) is 4.96. The first-order valence-corrected chi connectivity index (χ1v) is 6.72. The fourth-order valence-corrected chi connectivity index (χ4v) is 2.46. The van der Waals surface area contributed by atoms with Gasteiger partial charge >= 0.3 is 0 Å². The second kappa shape index (κ2) is 5.19. The Morgan fingerprint density at radius 1 is 1.05 bits per heavy atom. The lowest BCUT2D eigenvalue weighted by Gasteiger charge is -2.34. The molecule has 1 aliphatic rings. The molecule has 1 N–H and O–H groups in total. The van der Waals surface area contributed by atoms with Gasteiger partial charge < -0.3 is 9.84 Å². The van der Waals surface area contributed by atoms with Gasteiger partial charge in [-0.3, -0.25) is 4.99 Å². The van der Waals surface area contributed by atoms with Crippen LogP contribution in [0.2, 0.25) is 0 Å². The van der Waals surface area contributed by atoms with Crippen LogP contribution in [0.3, 0.4) is 0 Å². The molecule has 2 aromatic rings. The van der Waals surface area contributed by atoms with Crippen LogP contribution < -0.4 is 0 Å². The Bertz CT molecular complexity index is 609. The molecule has 0 aliphatic carbocycles. The van der Waals surface area contributed by atoms with Crippen molar-refractivity contribution in [3.05, 3.63) is 71.8 Å². The smallest absolute Gasteiger partial charge is 0.232 e. The average Bonchev–Trinajstić information content (AvgIpc) is 2.52. The molecule has 0 saturated heterocycles. The van der Waals surface area contributed by atoms with E-state index in [1.807, 2.05) is 67.6 Å². The van der Waals surface area contributed by atoms with E-state index >= 15 is 0 Å². The summed E-state index contributed by atoms with van der Waals surface area (Å²) in [5, 5.41) is 10.7. The highest BCUT2D eigenvalue weighted by atomic mass is 16.6. The number of hydrogen-bond acceptors (Lipinski definition) is 3. The van der Waals surface area contributed by atoms with E-state index < -0.39 is 5.79 Å². The van der Waals surface area contributed by atoms with E-state index in [0.717, 1.165) is 5.56 Å². The Labute approximate surface area is 118 Å². The highest BCUT2D eigenvalue weighted by Gasteiger charge is 2.38. The predicted octanol–water partition coefficient (Wildman–Crippen LogP) is 3.06. The zero-order chi connectivity index (χ0) is 14.0. The molecule has 0 unspecified atom stereocenters. The van der Waals surface area contributed by atoms with E-state index in [0.29, 0.717) is 17.9 Å². The van der Waals surface area contributed by atoms with Crippen LogP contribution in [0.1, 0.15) is 24.1 Å². The minimum atomic E-state index is -1.41. The molecule has 2 atom stereocenters. The quantitative estimate of drug-likeness (QED) is 0.908. The van der Waals surface area contributed by atoms with Crippen LogP contribution in [-0.2, 0) is 10.5 Å². The van der Waals surface area contributed by atoms with Gasteiger partial charge in [0.2, 0.25) is 5.79 Å². The minimum absolute atomic E-state index is 0.0554. The number of aliphatic imine (C=N–C) groups is 1. The zero-order valence-electron chi connectivity index (χ0n) is 11.4. The number of hydrogen-bond donors (Lipinski definition) is 1. The summed E-state index contributed by atoms with van der Waals surface area (Å²) in [7, 11) is 0. The topological polar surface area (TPSA) is 41.8 Å². The van der Waals surface area contributed by atoms with Crippen molar-refractivity contribution in [2.45, 2.75) is 18.8 Å². The fourth-order valence-electron chi connectivity index (χ4n) is 2.46. The molecular weight excluding hydrogens is 250 g/mol. The molecule has 3 rings (SSSR count). The molecule has 102 valence electrons. The van der Waals surface area contributed by atoms with Gasteiger partial charge in [-0.25, -0.2) is 0 Å². The molecule has 0 radical (unpaired) electrons. The SMILES string of the molecule is CC1=N[C@H](c2ccccc2)CO[C@@]1(O)c1ccccc1. The maximum Gasteiger partial charge on any atom is 0.232 e. The fraction of sp³-hybridized carbons (Fsp3) is 0.235. The Balaban J connectivity index is 1.93. The molecule has 0 saturated carbocycles. The number of nitrogens with zero attached hydrogens (tertiary/aromatic N) is 1. The zero-order valence-corrected chi connectivity index (χ0v) is 11.4. The molecule has 3 nitrogen and oxygen atoms in total. The summed E-state index contributed by atoms with van der Waals surface area (Å²) in [5.41, 5.74) is 2.40. The molecular formula is C17H17NO2. The second-order valence-corrected chi connectivity index (χ2v) is 4.96. The standard InChI is InChI=1S/C17H17NO2/c1-13-17(19,15-10-6-3-7-11-15)20-12-16(18-13)14-8-4-2-5-9-14/h2-11,16,19H,12H2,1H3/t16-,17+/m0/s1. The molecule has 0 fully saturated rings. The maximum absolute atomic E-state index is 10.7. The Morgan fingerprint density at radius 2 is 1.65 bits per heavy atom. The van der Waals surface area contributed by atoms with E-state index in [9.17, 15) is 5.11 Å². The van der Waals surface area contributed by atoms with E-state index in [4.69, 9.17) is 4.74 Å². The van der Waals surface area contributed by atoms with Gasteiger partial charge in [0.25, 0.3) is 0 Å². The molecule has 3 heteroatoms. The maximum atomic E-state index is 10.7. The molecule has 0 bridgehead atoms. The van der Waals surface area contributed by atoms with Gasteiger partial charge in [0, 0.05) is 5.56 Å². The molecule has 0 aromatic heterocycles. The first kappa shape index (κ1) is 13.0. The Hall–Kier alpha value is -1.97. The molecule has 0 spiro atoms. The van der Waals surface area contributed by atoms with Gasteiger partial charge in [-0.05, 0) is 12.5 Å². The number of ether oxygens (including phenoxy) is 1. The van der Waals surface area contributed by atoms with Crippen LogP contribution >= 0.6 is 0 Å². The summed E-state index contributed by atoms with van der Waals surface area (Å²) in [6.07, 6.45) is 0. The molecule has 2 aromatic carbocycles. The van der Waals surface area contributed by atoms with Crippen LogP contribution in [0.15, 0.2) is 65.7 Å². The van der Waals surface area contributed by atoms with Crippen molar-refractivity contribution >= 4 is 5.71 Å². The Morgan fingerprint density at radius 3 is 2.25 bits per heavy atom. The largest absolute Gasteiger partial charge is 0.357 e. The van der Waals surface area contributed by atoms with Crippen LogP contribution in [-0.4, -0.2) is 17.4 Å². The van der Waals surface area contributed by atoms with Crippen molar-refractivity contribution in [3.63, 3.8) is 0 Å². The lowest BCUT2D eigenvalue weighted by Crippen LogP contribution is -2.41. The summed E-state index contributed by atoms with van der Waals surface area (Å²) in [4.78, 5) is 4.62. The van der Waals surface area contributed by atoms with E-state index in [2.05, 4.69) is 4.99 Å². The molecule has 20 heavy (non-hydrogen) atoms. The van der Waals surface area contributed by atoms with E-state index in [-0.39, 0.29) is 6.04 Å². The van der Waals surface area contributed by atoms with Crippen molar-refractivity contribution in [2.24, 2.45) is 4.99 Å². The number of aliphatic hydroxyl groups is 1. The van der Waals surface area contributed by atoms with Crippen molar-refractivity contribution in [1.29, 1.82) is 0 Å². The van der Waals surface area contributed by atoms with E-state index in [1.54, 1.807) is 0 Å². The predicted molar refractivity (Wildman–Crippen MR) is 78.6 cm³/mol. The third kappa shape index (κ3) is 2.26. The van der Waals surface area contributed by atoms with Gasteiger partial charge in [0.1, 0.15) is 0 Å². The number of benzene rings is 2.